The number of carbonyl (C=O) groups excluding carboxylic acids is 3. The van der Waals surface area contributed by atoms with Gasteiger partial charge in [0.1, 0.15) is 11.6 Å². The molecule has 0 radical (unpaired) electrons. The fraction of sp³-hybridized carbons (Fsp3) is 0.842. The average molecular weight is 357 g/mol. The first-order chi connectivity index (χ1) is 11.2. The normalized spacial score (nSPS) is 14.6. The molecular formula is C19H36N2O4. The molecule has 6 nitrogen and oxygen atoms in total. The lowest BCUT2D eigenvalue weighted by atomic mass is 9.85. The Kier molecular flexibility index (Phi) is 8.62. The standard InChI is InChI=1S/C19H36N2O4/c1-12(2)10-13(11-14(22)25-19(6,7)8)16(23)21-15(17(24)20-9)18(3,4)5/h12-13,15H,10-11H2,1-9H3,(H,20,24)(H,21,23)/t13-,15-/m1/s1. The maximum absolute atomic E-state index is 12.8. The Morgan fingerprint density at radius 3 is 1.84 bits per heavy atom. The van der Waals surface area contributed by atoms with Gasteiger partial charge in [-0.2, -0.15) is 0 Å². The molecule has 0 spiro atoms. The summed E-state index contributed by atoms with van der Waals surface area (Å²) < 4.78 is 5.34. The molecule has 6 heteroatoms. The second kappa shape index (κ2) is 9.20. The number of carbonyl (C=O) groups is 3. The average Bonchev–Trinajstić information content (AvgIpc) is 2.39. The lowest BCUT2D eigenvalue weighted by Gasteiger charge is -2.31. The molecule has 0 saturated carbocycles. The van der Waals surface area contributed by atoms with Crippen LogP contribution in [0.3, 0.4) is 0 Å². The molecule has 25 heavy (non-hydrogen) atoms. The molecule has 0 heterocycles. The van der Waals surface area contributed by atoms with Crippen LogP contribution in [0.1, 0.15) is 68.2 Å². The van der Waals surface area contributed by atoms with Gasteiger partial charge in [0.05, 0.1) is 6.42 Å². The zero-order valence-corrected chi connectivity index (χ0v) is 17.3. The number of likely N-dealkylation sites (N-methyl/N-ethyl adjacent to an activating group) is 1. The third-order valence-corrected chi connectivity index (χ3v) is 3.62. The van der Waals surface area contributed by atoms with Crippen LogP contribution in [0.4, 0.5) is 0 Å². The molecule has 2 N–H and O–H groups in total. The van der Waals surface area contributed by atoms with Gasteiger partial charge in [-0.05, 0) is 38.5 Å². The summed E-state index contributed by atoms with van der Waals surface area (Å²) in [6.07, 6.45) is 0.557. The van der Waals surface area contributed by atoms with Crippen molar-refractivity contribution in [3.63, 3.8) is 0 Å². The van der Waals surface area contributed by atoms with Crippen molar-refractivity contribution in [2.45, 2.75) is 79.9 Å². The van der Waals surface area contributed by atoms with E-state index in [9.17, 15) is 14.4 Å². The SMILES string of the molecule is CNC(=O)[C@@H](NC(=O)[C@@H](CC(=O)OC(C)(C)C)CC(C)C)C(C)(C)C. The van der Waals surface area contributed by atoms with Gasteiger partial charge in [0.15, 0.2) is 0 Å². The fourth-order valence-corrected chi connectivity index (χ4v) is 2.52. The fourth-order valence-electron chi connectivity index (χ4n) is 2.52. The number of rotatable bonds is 7. The van der Waals surface area contributed by atoms with Gasteiger partial charge >= 0.3 is 5.97 Å². The van der Waals surface area contributed by atoms with Crippen molar-refractivity contribution in [3.8, 4) is 0 Å². The molecule has 0 aliphatic rings. The van der Waals surface area contributed by atoms with Crippen molar-refractivity contribution in [1.29, 1.82) is 0 Å². The summed E-state index contributed by atoms with van der Waals surface area (Å²) in [6.45, 7) is 15.0. The maximum Gasteiger partial charge on any atom is 0.307 e. The van der Waals surface area contributed by atoms with E-state index in [4.69, 9.17) is 4.74 Å². The number of esters is 1. The Balaban J connectivity index is 5.22. The van der Waals surface area contributed by atoms with E-state index in [1.54, 1.807) is 27.8 Å². The van der Waals surface area contributed by atoms with Crippen molar-refractivity contribution in [3.05, 3.63) is 0 Å². The monoisotopic (exact) mass is 356 g/mol. The second-order valence-electron chi connectivity index (χ2n) is 9.04. The Labute approximate surface area is 152 Å². The van der Waals surface area contributed by atoms with E-state index < -0.39 is 28.9 Å². The first-order valence-electron chi connectivity index (χ1n) is 8.91. The van der Waals surface area contributed by atoms with Gasteiger partial charge in [-0.15, -0.1) is 0 Å². The van der Waals surface area contributed by atoms with Gasteiger partial charge in [-0.1, -0.05) is 34.6 Å². The molecule has 0 aromatic carbocycles. The molecular weight excluding hydrogens is 320 g/mol. The van der Waals surface area contributed by atoms with Crippen LogP contribution in [0.2, 0.25) is 0 Å². The number of nitrogens with one attached hydrogen (secondary N) is 2. The number of hydrogen-bond acceptors (Lipinski definition) is 4. The smallest absolute Gasteiger partial charge is 0.307 e. The van der Waals surface area contributed by atoms with Crippen LogP contribution in [-0.2, 0) is 19.1 Å². The molecule has 0 fully saturated rings. The first-order valence-corrected chi connectivity index (χ1v) is 8.91. The Hall–Kier alpha value is -1.59. The molecule has 0 saturated heterocycles. The number of ether oxygens (including phenoxy) is 1. The van der Waals surface area contributed by atoms with E-state index >= 15 is 0 Å². The van der Waals surface area contributed by atoms with Crippen LogP contribution in [0.15, 0.2) is 0 Å². The molecule has 0 aromatic rings. The van der Waals surface area contributed by atoms with Gasteiger partial charge in [0.25, 0.3) is 0 Å². The third-order valence-electron chi connectivity index (χ3n) is 3.62. The van der Waals surface area contributed by atoms with E-state index in [2.05, 4.69) is 10.6 Å². The molecule has 2 atom stereocenters. The van der Waals surface area contributed by atoms with E-state index in [0.29, 0.717) is 6.42 Å². The molecule has 0 aliphatic carbocycles. The Bertz CT molecular complexity index is 473. The summed E-state index contributed by atoms with van der Waals surface area (Å²) >= 11 is 0. The minimum Gasteiger partial charge on any atom is -0.460 e. The lowest BCUT2D eigenvalue weighted by molar-refractivity contribution is -0.157. The zero-order chi connectivity index (χ0) is 20.0. The quantitative estimate of drug-likeness (QED) is 0.687. The predicted octanol–water partition coefficient (Wildman–Crippen LogP) is 2.66. The molecule has 0 aliphatic heterocycles. The summed E-state index contributed by atoms with van der Waals surface area (Å²) in [6, 6.07) is -0.668. The highest BCUT2D eigenvalue weighted by atomic mass is 16.6. The van der Waals surface area contributed by atoms with Crippen LogP contribution in [0.25, 0.3) is 0 Å². The van der Waals surface area contributed by atoms with Crippen molar-refractivity contribution in [2.75, 3.05) is 7.05 Å². The van der Waals surface area contributed by atoms with E-state index in [1.165, 1.54) is 0 Å². The zero-order valence-electron chi connectivity index (χ0n) is 17.3. The molecule has 0 rings (SSSR count). The summed E-state index contributed by atoms with van der Waals surface area (Å²) in [4.78, 5) is 37.0. The summed E-state index contributed by atoms with van der Waals surface area (Å²) in [5, 5.41) is 5.41. The van der Waals surface area contributed by atoms with Crippen molar-refractivity contribution < 1.29 is 19.1 Å². The largest absolute Gasteiger partial charge is 0.460 e. The topological polar surface area (TPSA) is 84.5 Å². The first kappa shape index (κ1) is 23.4. The maximum atomic E-state index is 12.8. The van der Waals surface area contributed by atoms with E-state index in [-0.39, 0.29) is 24.2 Å². The van der Waals surface area contributed by atoms with Crippen LogP contribution in [-0.4, -0.2) is 36.5 Å². The van der Waals surface area contributed by atoms with Gasteiger partial charge in [-0.25, -0.2) is 0 Å². The van der Waals surface area contributed by atoms with E-state index in [1.807, 2.05) is 34.6 Å². The van der Waals surface area contributed by atoms with Crippen molar-refractivity contribution in [1.82, 2.24) is 10.6 Å². The van der Waals surface area contributed by atoms with Crippen molar-refractivity contribution in [2.24, 2.45) is 17.3 Å². The molecule has 0 unspecified atom stereocenters. The third kappa shape index (κ3) is 9.46. The van der Waals surface area contributed by atoms with Crippen LogP contribution in [0, 0.1) is 17.3 Å². The summed E-state index contributed by atoms with van der Waals surface area (Å²) in [5.41, 5.74) is -1.03. The van der Waals surface area contributed by atoms with Crippen molar-refractivity contribution >= 4 is 17.8 Å². The number of hydrogen-bond donors (Lipinski definition) is 2. The molecule has 0 aromatic heterocycles. The Morgan fingerprint density at radius 1 is 0.960 bits per heavy atom. The molecule has 146 valence electrons. The second-order valence-corrected chi connectivity index (χ2v) is 9.04. The van der Waals surface area contributed by atoms with Gasteiger partial charge in [-0.3, -0.25) is 14.4 Å². The Morgan fingerprint density at radius 2 is 1.48 bits per heavy atom. The highest BCUT2D eigenvalue weighted by molar-refractivity contribution is 5.90. The number of amides is 2. The van der Waals surface area contributed by atoms with E-state index in [0.717, 1.165) is 0 Å². The lowest BCUT2D eigenvalue weighted by Crippen LogP contribution is -2.54. The highest BCUT2D eigenvalue weighted by Crippen LogP contribution is 2.23. The minimum atomic E-state index is -0.668. The van der Waals surface area contributed by atoms with Crippen LogP contribution < -0.4 is 10.6 Å². The summed E-state index contributed by atoms with van der Waals surface area (Å²) in [5.74, 6) is -1.22. The van der Waals surface area contributed by atoms with Gasteiger partial charge < -0.3 is 15.4 Å². The predicted molar refractivity (Wildman–Crippen MR) is 98.9 cm³/mol. The van der Waals surface area contributed by atoms with Crippen LogP contribution >= 0.6 is 0 Å². The van der Waals surface area contributed by atoms with Gasteiger partial charge in [0, 0.05) is 13.0 Å². The molecule has 0 bridgehead atoms. The minimum absolute atomic E-state index is 0.00584. The van der Waals surface area contributed by atoms with Gasteiger partial charge in [0.2, 0.25) is 11.8 Å². The van der Waals surface area contributed by atoms with Crippen LogP contribution in [0.5, 0.6) is 0 Å². The molecule has 2 amide bonds. The summed E-state index contributed by atoms with van der Waals surface area (Å²) in [7, 11) is 1.54. The highest BCUT2D eigenvalue weighted by Gasteiger charge is 2.35.